The first kappa shape index (κ1) is 15.2. The molecule has 0 aliphatic heterocycles. The number of benzene rings is 2. The molecule has 2 N–H and O–H groups in total. The number of nitrogens with zero attached hydrogens (tertiary/aromatic N) is 1. The van der Waals surface area contributed by atoms with E-state index >= 15 is 0 Å². The summed E-state index contributed by atoms with van der Waals surface area (Å²) in [4.78, 5) is 12.0. The Labute approximate surface area is 134 Å². The lowest BCUT2D eigenvalue weighted by Crippen LogP contribution is -2.30. The van der Waals surface area contributed by atoms with E-state index in [4.69, 9.17) is 4.52 Å². The van der Waals surface area contributed by atoms with Crippen LogP contribution in [0, 0.1) is 6.92 Å². The van der Waals surface area contributed by atoms with Gasteiger partial charge in [-0.15, -0.1) is 0 Å². The van der Waals surface area contributed by atoms with E-state index in [9.17, 15) is 4.79 Å². The molecule has 3 aromatic rings. The van der Waals surface area contributed by atoms with Crippen LogP contribution in [-0.2, 0) is 4.79 Å². The smallest absolute Gasteiger partial charge is 0.239 e. The lowest BCUT2D eigenvalue weighted by atomic mass is 10.00. The summed E-state index contributed by atoms with van der Waals surface area (Å²) in [5.74, 6) is 0.954. The molecule has 0 bridgehead atoms. The lowest BCUT2D eigenvalue weighted by molar-refractivity contribution is -0.115. The van der Waals surface area contributed by atoms with Gasteiger partial charge in [0.1, 0.15) is 5.76 Å². The van der Waals surface area contributed by atoms with E-state index in [0.29, 0.717) is 11.6 Å². The second kappa shape index (κ2) is 6.62. The molecule has 0 aliphatic rings. The maximum absolute atomic E-state index is 12.0. The highest BCUT2D eigenvalue weighted by Gasteiger charge is 2.11. The maximum atomic E-state index is 12.0. The molecule has 1 aromatic heterocycles. The molecule has 1 atom stereocenters. The van der Waals surface area contributed by atoms with Crippen LogP contribution in [0.1, 0.15) is 24.3 Å². The normalized spacial score (nSPS) is 12.3. The largest absolute Gasteiger partial charge is 0.360 e. The van der Waals surface area contributed by atoms with Crippen molar-refractivity contribution in [1.29, 1.82) is 0 Å². The van der Waals surface area contributed by atoms with Crippen LogP contribution in [0.15, 0.2) is 53.1 Å². The number of aromatic nitrogens is 1. The Morgan fingerprint density at radius 2 is 2.00 bits per heavy atom. The third kappa shape index (κ3) is 3.57. The van der Waals surface area contributed by atoms with Crippen LogP contribution >= 0.6 is 0 Å². The molecule has 23 heavy (non-hydrogen) atoms. The molecule has 1 heterocycles. The van der Waals surface area contributed by atoms with Crippen molar-refractivity contribution >= 4 is 22.5 Å². The van der Waals surface area contributed by atoms with Crippen molar-refractivity contribution in [1.82, 2.24) is 10.5 Å². The van der Waals surface area contributed by atoms with E-state index in [1.165, 1.54) is 16.3 Å². The van der Waals surface area contributed by atoms with Gasteiger partial charge >= 0.3 is 0 Å². The molecule has 3 rings (SSSR count). The van der Waals surface area contributed by atoms with Crippen LogP contribution in [0.25, 0.3) is 10.8 Å². The Morgan fingerprint density at radius 3 is 2.78 bits per heavy atom. The first-order valence-corrected chi connectivity index (χ1v) is 7.57. The minimum absolute atomic E-state index is 0.0610. The number of hydrogen-bond acceptors (Lipinski definition) is 4. The van der Waals surface area contributed by atoms with Crippen molar-refractivity contribution in [2.45, 2.75) is 19.9 Å². The van der Waals surface area contributed by atoms with E-state index in [1.807, 2.05) is 18.2 Å². The third-order valence-electron chi connectivity index (χ3n) is 3.75. The molecule has 0 saturated carbocycles. The Bertz CT molecular complexity index is 821. The summed E-state index contributed by atoms with van der Waals surface area (Å²) < 4.78 is 4.92. The summed E-state index contributed by atoms with van der Waals surface area (Å²) in [6, 6.07) is 16.2. The fourth-order valence-electron chi connectivity index (χ4n) is 2.60. The fourth-order valence-corrected chi connectivity index (χ4v) is 2.60. The molecule has 0 spiro atoms. The summed E-state index contributed by atoms with van der Waals surface area (Å²) in [6.45, 7) is 4.04. The fraction of sp³-hybridized carbons (Fsp3) is 0.222. The van der Waals surface area contributed by atoms with Crippen molar-refractivity contribution in [2.24, 2.45) is 0 Å². The van der Waals surface area contributed by atoms with Gasteiger partial charge in [-0.3, -0.25) is 4.79 Å². The van der Waals surface area contributed by atoms with Gasteiger partial charge in [-0.1, -0.05) is 47.6 Å². The average molecular weight is 309 g/mol. The lowest BCUT2D eigenvalue weighted by Gasteiger charge is -2.16. The van der Waals surface area contributed by atoms with Gasteiger partial charge in [0.05, 0.1) is 6.54 Å². The zero-order valence-corrected chi connectivity index (χ0v) is 13.2. The van der Waals surface area contributed by atoms with Crippen LogP contribution in [0.2, 0.25) is 0 Å². The van der Waals surface area contributed by atoms with Crippen molar-refractivity contribution in [2.75, 3.05) is 11.9 Å². The van der Waals surface area contributed by atoms with E-state index in [2.05, 4.69) is 47.0 Å². The van der Waals surface area contributed by atoms with Crippen molar-refractivity contribution in [3.8, 4) is 0 Å². The Morgan fingerprint density at radius 1 is 1.22 bits per heavy atom. The van der Waals surface area contributed by atoms with Crippen LogP contribution in [-0.4, -0.2) is 17.6 Å². The van der Waals surface area contributed by atoms with Crippen molar-refractivity contribution in [3.63, 3.8) is 0 Å². The number of nitrogens with one attached hydrogen (secondary N) is 2. The second-order valence-corrected chi connectivity index (χ2v) is 5.54. The SMILES string of the molecule is Cc1cc(NC(=O)CN[C@H](C)c2cccc3ccccc23)no1. The molecular weight excluding hydrogens is 290 g/mol. The van der Waals surface area contributed by atoms with Gasteiger partial charge in [-0.2, -0.15) is 0 Å². The number of fused-ring (bicyclic) bond motifs is 1. The Balaban J connectivity index is 1.64. The predicted molar refractivity (Wildman–Crippen MR) is 90.2 cm³/mol. The number of anilines is 1. The van der Waals surface area contributed by atoms with Gasteiger partial charge < -0.3 is 15.2 Å². The van der Waals surface area contributed by atoms with Gasteiger partial charge in [0.25, 0.3) is 0 Å². The third-order valence-corrected chi connectivity index (χ3v) is 3.75. The molecular formula is C18H19N3O2. The summed E-state index contributed by atoms with van der Waals surface area (Å²) in [5, 5.41) is 12.1. The number of hydrogen-bond donors (Lipinski definition) is 2. The molecule has 0 fully saturated rings. The molecule has 0 aliphatic carbocycles. The first-order chi connectivity index (χ1) is 11.1. The van der Waals surface area contributed by atoms with Gasteiger partial charge in [-0.25, -0.2) is 0 Å². The van der Waals surface area contributed by atoms with Crippen molar-refractivity contribution in [3.05, 3.63) is 59.9 Å². The maximum Gasteiger partial charge on any atom is 0.239 e. The molecule has 5 heteroatoms. The zero-order chi connectivity index (χ0) is 16.2. The number of amides is 1. The predicted octanol–water partition coefficient (Wildman–Crippen LogP) is 3.43. The van der Waals surface area contributed by atoms with E-state index < -0.39 is 0 Å². The Kier molecular flexibility index (Phi) is 4.39. The quantitative estimate of drug-likeness (QED) is 0.758. The average Bonchev–Trinajstić information content (AvgIpc) is 2.97. The molecule has 118 valence electrons. The monoisotopic (exact) mass is 309 g/mol. The van der Waals surface area contributed by atoms with Gasteiger partial charge in [0, 0.05) is 12.1 Å². The minimum Gasteiger partial charge on any atom is -0.360 e. The first-order valence-electron chi connectivity index (χ1n) is 7.57. The topological polar surface area (TPSA) is 67.2 Å². The number of aryl methyl sites for hydroxylation is 1. The second-order valence-electron chi connectivity index (χ2n) is 5.54. The summed E-state index contributed by atoms with van der Waals surface area (Å²) in [6.07, 6.45) is 0. The van der Waals surface area contributed by atoms with Crippen LogP contribution in [0.3, 0.4) is 0 Å². The number of carbonyl (C=O) groups excluding carboxylic acids is 1. The highest BCUT2D eigenvalue weighted by atomic mass is 16.5. The van der Waals surface area contributed by atoms with Gasteiger partial charge in [0.2, 0.25) is 5.91 Å². The summed E-state index contributed by atoms with van der Waals surface area (Å²) >= 11 is 0. The van der Waals surface area contributed by atoms with Gasteiger partial charge in [-0.05, 0) is 30.2 Å². The standard InChI is InChI=1S/C18H19N3O2/c1-12-10-17(21-23-12)20-18(22)11-19-13(2)15-9-5-7-14-6-3-4-8-16(14)15/h3-10,13,19H,11H2,1-2H3,(H,20,21,22)/t13-/m1/s1. The molecule has 1 amide bonds. The molecule has 0 saturated heterocycles. The van der Waals surface area contributed by atoms with Crippen LogP contribution < -0.4 is 10.6 Å². The summed E-state index contributed by atoms with van der Waals surface area (Å²) in [7, 11) is 0. The molecule has 0 unspecified atom stereocenters. The van der Waals surface area contributed by atoms with E-state index in [-0.39, 0.29) is 18.5 Å². The van der Waals surface area contributed by atoms with E-state index in [0.717, 1.165) is 0 Å². The molecule has 2 aromatic carbocycles. The highest BCUT2D eigenvalue weighted by Crippen LogP contribution is 2.23. The zero-order valence-electron chi connectivity index (χ0n) is 13.2. The van der Waals surface area contributed by atoms with Crippen molar-refractivity contribution < 1.29 is 9.32 Å². The number of carbonyl (C=O) groups is 1. The highest BCUT2D eigenvalue weighted by molar-refractivity contribution is 5.91. The summed E-state index contributed by atoms with van der Waals surface area (Å²) in [5.41, 5.74) is 1.17. The minimum atomic E-state index is -0.148. The number of rotatable bonds is 5. The molecule has 5 nitrogen and oxygen atoms in total. The molecule has 0 radical (unpaired) electrons. The van der Waals surface area contributed by atoms with Crippen LogP contribution in [0.5, 0.6) is 0 Å². The van der Waals surface area contributed by atoms with Crippen LogP contribution in [0.4, 0.5) is 5.82 Å². The van der Waals surface area contributed by atoms with E-state index in [1.54, 1.807) is 13.0 Å². The van der Waals surface area contributed by atoms with Gasteiger partial charge in [0.15, 0.2) is 5.82 Å². The Hall–Kier alpha value is -2.66.